The van der Waals surface area contributed by atoms with Crippen LogP contribution in [-0.2, 0) is 12.1 Å². The standard InChI is InChI=1S/C32H48N6O/c1-6-10-30(37-18-9-17-35(5)21-22-37)31-33-28-24-26(13-14-29(28)38(31)7-2)36-19-15-32(16-20-36,34(3)4)25-11-8-12-27(39)23-25/h8,11-14,23-24,30,39H,6-7,9-10,15-22H2,1-5H3. The summed E-state index contributed by atoms with van der Waals surface area (Å²) in [5.41, 5.74) is 4.78. The molecule has 0 bridgehead atoms. The lowest BCUT2D eigenvalue weighted by molar-refractivity contribution is 0.115. The van der Waals surface area contributed by atoms with Gasteiger partial charge in [-0.25, -0.2) is 4.98 Å². The molecule has 212 valence electrons. The minimum Gasteiger partial charge on any atom is -0.508 e. The highest BCUT2D eigenvalue weighted by Crippen LogP contribution is 2.40. The molecule has 1 atom stereocenters. The molecule has 0 saturated carbocycles. The Morgan fingerprint density at radius 2 is 1.77 bits per heavy atom. The van der Waals surface area contributed by atoms with Crippen LogP contribution in [0.5, 0.6) is 5.75 Å². The Labute approximate surface area is 235 Å². The van der Waals surface area contributed by atoms with Crippen LogP contribution in [0.1, 0.15) is 63.4 Å². The number of piperidine rings is 1. The molecular weight excluding hydrogens is 484 g/mol. The van der Waals surface area contributed by atoms with Crippen LogP contribution in [0.4, 0.5) is 5.69 Å². The van der Waals surface area contributed by atoms with E-state index in [9.17, 15) is 5.11 Å². The van der Waals surface area contributed by atoms with E-state index in [0.717, 1.165) is 70.5 Å². The number of fused-ring (bicyclic) bond motifs is 1. The van der Waals surface area contributed by atoms with Gasteiger partial charge in [-0.1, -0.05) is 25.5 Å². The summed E-state index contributed by atoms with van der Waals surface area (Å²) in [5.74, 6) is 1.59. The number of aryl methyl sites for hydroxylation is 1. The summed E-state index contributed by atoms with van der Waals surface area (Å²) in [6.07, 6.45) is 5.55. The first-order valence-electron chi connectivity index (χ1n) is 15.0. The molecule has 1 aromatic heterocycles. The Hall–Kier alpha value is -2.61. The topological polar surface area (TPSA) is 51.0 Å². The summed E-state index contributed by atoms with van der Waals surface area (Å²) < 4.78 is 2.46. The molecule has 0 amide bonds. The van der Waals surface area contributed by atoms with Gasteiger partial charge in [0.25, 0.3) is 0 Å². The maximum Gasteiger partial charge on any atom is 0.127 e. The summed E-state index contributed by atoms with van der Waals surface area (Å²) in [4.78, 5) is 15.3. The molecule has 3 heterocycles. The van der Waals surface area contributed by atoms with E-state index in [-0.39, 0.29) is 5.54 Å². The van der Waals surface area contributed by atoms with Gasteiger partial charge < -0.3 is 19.5 Å². The number of likely N-dealkylation sites (N-methyl/N-ethyl adjacent to an activating group) is 1. The molecule has 1 unspecified atom stereocenters. The number of imidazole rings is 1. The van der Waals surface area contributed by atoms with Crippen molar-refractivity contribution >= 4 is 16.7 Å². The molecule has 2 aromatic carbocycles. The zero-order valence-corrected chi connectivity index (χ0v) is 24.7. The van der Waals surface area contributed by atoms with Gasteiger partial charge >= 0.3 is 0 Å². The molecule has 7 heteroatoms. The molecule has 0 radical (unpaired) electrons. The van der Waals surface area contributed by atoms with Crippen molar-refractivity contribution in [3.05, 3.63) is 53.9 Å². The molecule has 2 fully saturated rings. The maximum absolute atomic E-state index is 10.2. The van der Waals surface area contributed by atoms with E-state index in [1.165, 1.54) is 35.6 Å². The molecule has 2 saturated heterocycles. The smallest absolute Gasteiger partial charge is 0.127 e. The number of phenols is 1. The second kappa shape index (κ2) is 11.9. The van der Waals surface area contributed by atoms with Crippen LogP contribution >= 0.6 is 0 Å². The predicted octanol–water partition coefficient (Wildman–Crippen LogP) is 5.30. The number of rotatable bonds is 8. The Morgan fingerprint density at radius 3 is 2.46 bits per heavy atom. The minimum absolute atomic E-state index is 0.0646. The van der Waals surface area contributed by atoms with Gasteiger partial charge in [-0.2, -0.15) is 0 Å². The number of aromatic hydroxyl groups is 1. The van der Waals surface area contributed by atoms with Crippen molar-refractivity contribution in [1.29, 1.82) is 0 Å². The normalized spacial score (nSPS) is 20.0. The molecule has 7 nitrogen and oxygen atoms in total. The van der Waals surface area contributed by atoms with E-state index in [0.29, 0.717) is 11.8 Å². The summed E-state index contributed by atoms with van der Waals surface area (Å²) in [7, 11) is 6.58. The third-order valence-electron chi connectivity index (χ3n) is 9.33. The monoisotopic (exact) mass is 532 g/mol. The Morgan fingerprint density at radius 1 is 0.974 bits per heavy atom. The maximum atomic E-state index is 10.2. The van der Waals surface area contributed by atoms with Crippen LogP contribution in [0.15, 0.2) is 42.5 Å². The fraction of sp³-hybridized carbons (Fsp3) is 0.594. The number of hydrogen-bond acceptors (Lipinski definition) is 6. The third-order valence-corrected chi connectivity index (χ3v) is 9.33. The molecule has 0 aliphatic carbocycles. The van der Waals surface area contributed by atoms with Gasteiger partial charge in [0.2, 0.25) is 0 Å². The van der Waals surface area contributed by atoms with E-state index in [1.54, 1.807) is 6.07 Å². The lowest BCUT2D eigenvalue weighted by Crippen LogP contribution is -2.50. The zero-order valence-electron chi connectivity index (χ0n) is 24.7. The average molecular weight is 533 g/mol. The fourth-order valence-electron chi connectivity index (χ4n) is 6.97. The first kappa shape index (κ1) is 27.9. The quantitative estimate of drug-likeness (QED) is 0.425. The molecule has 2 aliphatic heterocycles. The van der Waals surface area contributed by atoms with Crippen molar-refractivity contribution in [2.45, 2.75) is 64.1 Å². The van der Waals surface area contributed by atoms with Gasteiger partial charge in [0, 0.05) is 50.5 Å². The zero-order chi connectivity index (χ0) is 27.6. The van der Waals surface area contributed by atoms with E-state index in [1.807, 2.05) is 12.1 Å². The molecular formula is C32H48N6O. The Balaban J connectivity index is 1.41. The van der Waals surface area contributed by atoms with Crippen molar-refractivity contribution < 1.29 is 5.11 Å². The Bertz CT molecular complexity index is 1240. The van der Waals surface area contributed by atoms with Crippen LogP contribution in [0, 0.1) is 0 Å². The van der Waals surface area contributed by atoms with Crippen molar-refractivity contribution in [2.24, 2.45) is 0 Å². The van der Waals surface area contributed by atoms with Crippen LogP contribution in [0.2, 0.25) is 0 Å². The van der Waals surface area contributed by atoms with E-state index >= 15 is 0 Å². The van der Waals surface area contributed by atoms with E-state index in [4.69, 9.17) is 4.98 Å². The molecule has 1 N–H and O–H groups in total. The number of aromatic nitrogens is 2. The average Bonchev–Trinajstić information content (AvgIpc) is 3.17. The molecule has 39 heavy (non-hydrogen) atoms. The van der Waals surface area contributed by atoms with Gasteiger partial charge in [0.05, 0.1) is 17.1 Å². The van der Waals surface area contributed by atoms with Crippen LogP contribution in [-0.4, -0.2) is 89.8 Å². The number of anilines is 1. The summed E-state index contributed by atoms with van der Waals surface area (Å²) >= 11 is 0. The van der Waals surface area contributed by atoms with Gasteiger partial charge in [0.15, 0.2) is 0 Å². The van der Waals surface area contributed by atoms with Gasteiger partial charge in [0.1, 0.15) is 11.6 Å². The molecule has 5 rings (SSSR count). The molecule has 0 spiro atoms. The molecule has 3 aromatic rings. The van der Waals surface area contributed by atoms with Gasteiger partial charge in [-0.15, -0.1) is 0 Å². The second-order valence-corrected chi connectivity index (χ2v) is 11.8. The first-order chi connectivity index (χ1) is 18.9. The van der Waals surface area contributed by atoms with Crippen molar-refractivity contribution in [2.75, 3.05) is 65.3 Å². The first-order valence-corrected chi connectivity index (χ1v) is 15.0. The number of hydrogen-bond donors (Lipinski definition) is 1. The van der Waals surface area contributed by atoms with Gasteiger partial charge in [-0.3, -0.25) is 9.80 Å². The highest BCUT2D eigenvalue weighted by molar-refractivity contribution is 5.80. The predicted molar refractivity (Wildman–Crippen MR) is 162 cm³/mol. The van der Waals surface area contributed by atoms with Crippen LogP contribution in [0.25, 0.3) is 11.0 Å². The van der Waals surface area contributed by atoms with Crippen molar-refractivity contribution in [3.63, 3.8) is 0 Å². The second-order valence-electron chi connectivity index (χ2n) is 11.8. The number of benzene rings is 2. The highest BCUT2D eigenvalue weighted by Gasteiger charge is 2.38. The SMILES string of the molecule is CCCC(c1nc2cc(N3CCC(c4cccc(O)c4)(N(C)C)CC3)ccc2n1CC)N1CCCN(C)CC1. The lowest BCUT2D eigenvalue weighted by Gasteiger charge is -2.47. The molecule has 2 aliphatic rings. The van der Waals surface area contributed by atoms with E-state index < -0.39 is 0 Å². The van der Waals surface area contributed by atoms with Crippen LogP contribution in [0.3, 0.4) is 0 Å². The third kappa shape index (κ3) is 5.54. The number of phenolic OH excluding ortho intramolecular Hbond substituents is 1. The lowest BCUT2D eigenvalue weighted by atomic mass is 9.79. The highest BCUT2D eigenvalue weighted by atomic mass is 16.3. The largest absolute Gasteiger partial charge is 0.508 e. The van der Waals surface area contributed by atoms with Gasteiger partial charge in [-0.05, 0) is 96.2 Å². The van der Waals surface area contributed by atoms with E-state index in [2.05, 4.69) is 83.4 Å². The summed E-state index contributed by atoms with van der Waals surface area (Å²) in [5, 5.41) is 10.2. The van der Waals surface area contributed by atoms with Crippen molar-refractivity contribution in [1.82, 2.24) is 24.3 Å². The Kier molecular flexibility index (Phi) is 8.50. The van der Waals surface area contributed by atoms with Crippen molar-refractivity contribution in [3.8, 4) is 5.75 Å². The minimum atomic E-state index is -0.0646. The van der Waals surface area contributed by atoms with Crippen LogP contribution < -0.4 is 4.90 Å². The number of nitrogens with zero attached hydrogens (tertiary/aromatic N) is 6. The fourth-order valence-corrected chi connectivity index (χ4v) is 6.97. The summed E-state index contributed by atoms with van der Waals surface area (Å²) in [6.45, 7) is 12.0. The summed E-state index contributed by atoms with van der Waals surface area (Å²) in [6, 6.07) is 15.1.